The van der Waals surface area contributed by atoms with Gasteiger partial charge in [0.1, 0.15) is 0 Å². The number of nitro groups is 2. The third-order valence-corrected chi connectivity index (χ3v) is 5.43. The molecule has 0 atom stereocenters. The van der Waals surface area contributed by atoms with Crippen LogP contribution < -0.4 is 0 Å². The molecule has 0 unspecified atom stereocenters. The molecule has 1 saturated carbocycles. The first-order valence-electron chi connectivity index (χ1n) is 10.1. The first-order chi connectivity index (χ1) is 14.9. The van der Waals surface area contributed by atoms with Crippen LogP contribution in [0.1, 0.15) is 24.0 Å². The van der Waals surface area contributed by atoms with Gasteiger partial charge < -0.3 is 0 Å². The lowest BCUT2D eigenvalue weighted by Gasteiger charge is -2.29. The molecule has 158 valence electrons. The van der Waals surface area contributed by atoms with Crippen molar-refractivity contribution in [3.8, 4) is 0 Å². The summed E-state index contributed by atoms with van der Waals surface area (Å²) in [5.74, 6) is 0.497. The summed E-state index contributed by atoms with van der Waals surface area (Å²) in [6.07, 6.45) is 5.77. The normalized spacial score (nSPS) is 19.7. The minimum atomic E-state index is -0.461. The summed E-state index contributed by atoms with van der Waals surface area (Å²) >= 11 is 0. The van der Waals surface area contributed by atoms with Crippen molar-refractivity contribution in [3.05, 3.63) is 91.0 Å². The van der Waals surface area contributed by atoms with Crippen molar-refractivity contribution >= 4 is 29.3 Å². The number of Topliss-reactive ketones (excluding diaryl/α,β-unsaturated/α-hetero) is 1. The maximum absolute atomic E-state index is 13.2. The zero-order valence-electron chi connectivity index (χ0n) is 16.8. The molecule has 0 spiro atoms. The molecule has 8 heteroatoms. The van der Waals surface area contributed by atoms with E-state index in [9.17, 15) is 25.0 Å². The van der Waals surface area contributed by atoms with Crippen molar-refractivity contribution in [2.24, 2.45) is 5.92 Å². The molecular weight excluding hydrogens is 398 g/mol. The molecule has 0 bridgehead atoms. The van der Waals surface area contributed by atoms with Crippen LogP contribution in [0.25, 0.3) is 12.2 Å². The summed E-state index contributed by atoms with van der Waals surface area (Å²) < 4.78 is 0. The molecule has 1 aliphatic carbocycles. The Morgan fingerprint density at radius 1 is 0.871 bits per heavy atom. The second-order valence-corrected chi connectivity index (χ2v) is 7.99. The van der Waals surface area contributed by atoms with Crippen molar-refractivity contribution < 1.29 is 14.6 Å². The number of nitrogens with zero attached hydrogens (tertiary/aromatic N) is 3. The van der Waals surface area contributed by atoms with Crippen molar-refractivity contribution in [2.45, 2.75) is 12.8 Å². The summed E-state index contributed by atoms with van der Waals surface area (Å²) in [6, 6.07) is 12.4. The highest BCUT2D eigenvalue weighted by Gasteiger charge is 2.31. The molecule has 4 rings (SSSR count). The predicted octanol–water partition coefficient (Wildman–Crippen LogP) is 4.26. The van der Waals surface area contributed by atoms with E-state index in [0.717, 1.165) is 6.54 Å². The van der Waals surface area contributed by atoms with Crippen LogP contribution >= 0.6 is 0 Å². The molecule has 2 aromatic carbocycles. The highest BCUT2D eigenvalue weighted by molar-refractivity contribution is 6.14. The molecule has 0 amide bonds. The van der Waals surface area contributed by atoms with Gasteiger partial charge in [0.15, 0.2) is 5.78 Å². The maximum atomic E-state index is 13.2. The van der Waals surface area contributed by atoms with Gasteiger partial charge >= 0.3 is 0 Å². The first kappa shape index (κ1) is 20.6. The highest BCUT2D eigenvalue weighted by atomic mass is 16.6. The lowest BCUT2D eigenvalue weighted by Crippen LogP contribution is -2.38. The van der Waals surface area contributed by atoms with Crippen LogP contribution in [0.15, 0.2) is 59.7 Å². The van der Waals surface area contributed by atoms with Gasteiger partial charge in [0.2, 0.25) is 0 Å². The Kier molecular flexibility index (Phi) is 5.73. The second-order valence-electron chi connectivity index (χ2n) is 7.99. The standard InChI is InChI=1S/C23H21N3O5/c27-23-19(9-17-3-1-5-21(11-17)25(28)29)14-24(13-16-7-8-16)15-20(23)10-18-4-2-6-22(12-18)26(30)31/h1-6,9-12,16H,7-8,13-15H2. The van der Waals surface area contributed by atoms with E-state index in [2.05, 4.69) is 4.90 Å². The van der Waals surface area contributed by atoms with E-state index in [4.69, 9.17) is 0 Å². The second kappa shape index (κ2) is 8.61. The lowest BCUT2D eigenvalue weighted by atomic mass is 9.94. The monoisotopic (exact) mass is 419 g/mol. The quantitative estimate of drug-likeness (QED) is 0.393. The Morgan fingerprint density at radius 2 is 1.35 bits per heavy atom. The number of benzene rings is 2. The van der Waals surface area contributed by atoms with E-state index < -0.39 is 9.85 Å². The highest BCUT2D eigenvalue weighted by Crippen LogP contribution is 2.32. The van der Waals surface area contributed by atoms with Crippen molar-refractivity contribution in [3.63, 3.8) is 0 Å². The van der Waals surface area contributed by atoms with Crippen LogP contribution in [0.5, 0.6) is 0 Å². The molecule has 31 heavy (non-hydrogen) atoms. The fourth-order valence-electron chi connectivity index (χ4n) is 3.76. The maximum Gasteiger partial charge on any atom is 0.270 e. The number of piperidine rings is 1. The van der Waals surface area contributed by atoms with E-state index in [0.29, 0.717) is 41.3 Å². The molecule has 1 aliphatic heterocycles. The number of carbonyl (C=O) groups excluding carboxylic acids is 1. The molecule has 0 N–H and O–H groups in total. The Hall–Kier alpha value is -3.65. The van der Waals surface area contributed by atoms with Crippen LogP contribution in [0.2, 0.25) is 0 Å². The minimum absolute atomic E-state index is 0.0280. The molecule has 2 aliphatic rings. The van der Waals surface area contributed by atoms with Crippen molar-refractivity contribution in [2.75, 3.05) is 19.6 Å². The number of hydrogen-bond donors (Lipinski definition) is 0. The predicted molar refractivity (Wildman–Crippen MR) is 116 cm³/mol. The molecule has 0 radical (unpaired) electrons. The number of rotatable bonds is 6. The zero-order valence-corrected chi connectivity index (χ0v) is 16.8. The fraction of sp³-hybridized carbons (Fsp3) is 0.261. The van der Waals surface area contributed by atoms with Gasteiger partial charge in [-0.25, -0.2) is 0 Å². The molecule has 8 nitrogen and oxygen atoms in total. The van der Waals surface area contributed by atoms with E-state index in [1.165, 1.54) is 37.1 Å². The average Bonchev–Trinajstić information content (AvgIpc) is 3.56. The van der Waals surface area contributed by atoms with Crippen LogP contribution in [0.3, 0.4) is 0 Å². The number of nitro benzene ring substituents is 2. The fourth-order valence-corrected chi connectivity index (χ4v) is 3.76. The van der Waals surface area contributed by atoms with Gasteiger partial charge in [-0.1, -0.05) is 24.3 Å². The van der Waals surface area contributed by atoms with Gasteiger partial charge in [0, 0.05) is 55.0 Å². The molecule has 1 saturated heterocycles. The number of carbonyl (C=O) groups is 1. The molecule has 2 aromatic rings. The number of likely N-dealkylation sites (tertiary alicyclic amines) is 1. The van der Waals surface area contributed by atoms with Gasteiger partial charge in [-0.15, -0.1) is 0 Å². The molecule has 0 aromatic heterocycles. The smallest absolute Gasteiger partial charge is 0.270 e. The van der Waals surface area contributed by atoms with Crippen LogP contribution in [0, 0.1) is 26.1 Å². The summed E-state index contributed by atoms with van der Waals surface area (Å²) in [5.41, 5.74) is 2.26. The van der Waals surface area contributed by atoms with E-state index >= 15 is 0 Å². The van der Waals surface area contributed by atoms with E-state index in [-0.39, 0.29) is 17.2 Å². The Bertz CT molecular complexity index is 1040. The number of non-ortho nitro benzene ring substituents is 2. The van der Waals surface area contributed by atoms with Crippen molar-refractivity contribution in [1.82, 2.24) is 4.90 Å². The molecule has 1 heterocycles. The summed E-state index contributed by atoms with van der Waals surface area (Å²) in [7, 11) is 0. The summed E-state index contributed by atoms with van der Waals surface area (Å²) in [5, 5.41) is 22.1. The van der Waals surface area contributed by atoms with Crippen molar-refractivity contribution in [1.29, 1.82) is 0 Å². The third kappa shape index (κ3) is 5.10. The Labute approximate surface area is 178 Å². The SMILES string of the molecule is O=C1C(=Cc2cccc([N+](=O)[O-])c2)CN(CC2CC2)CC1=Cc1cccc([N+](=O)[O-])c1. The van der Waals surface area contributed by atoms with Gasteiger partial charge in [0.05, 0.1) is 9.85 Å². The largest absolute Gasteiger partial charge is 0.294 e. The zero-order chi connectivity index (χ0) is 22.0. The minimum Gasteiger partial charge on any atom is -0.294 e. The lowest BCUT2D eigenvalue weighted by molar-refractivity contribution is -0.385. The Morgan fingerprint density at radius 3 is 1.77 bits per heavy atom. The number of ketones is 1. The van der Waals surface area contributed by atoms with Gasteiger partial charge in [0.25, 0.3) is 11.4 Å². The average molecular weight is 419 g/mol. The summed E-state index contributed by atoms with van der Waals surface area (Å²) in [4.78, 5) is 36.6. The van der Waals surface area contributed by atoms with Crippen LogP contribution in [-0.2, 0) is 4.79 Å². The number of hydrogen-bond acceptors (Lipinski definition) is 6. The van der Waals surface area contributed by atoms with Gasteiger partial charge in [-0.3, -0.25) is 29.9 Å². The van der Waals surface area contributed by atoms with Gasteiger partial charge in [-0.05, 0) is 42.0 Å². The van der Waals surface area contributed by atoms with Gasteiger partial charge in [-0.2, -0.15) is 0 Å². The summed E-state index contributed by atoms with van der Waals surface area (Å²) in [6.45, 7) is 1.83. The van der Waals surface area contributed by atoms with Crippen LogP contribution in [0.4, 0.5) is 11.4 Å². The first-order valence-corrected chi connectivity index (χ1v) is 10.1. The topological polar surface area (TPSA) is 107 Å². The molecule has 2 fully saturated rings. The van der Waals surface area contributed by atoms with Crippen LogP contribution in [-0.4, -0.2) is 40.2 Å². The Balaban J connectivity index is 1.68. The molecular formula is C23H21N3O5. The van der Waals surface area contributed by atoms with E-state index in [1.54, 1.807) is 36.4 Å². The van der Waals surface area contributed by atoms with E-state index in [1.807, 2.05) is 0 Å². The third-order valence-electron chi connectivity index (χ3n) is 5.43.